The van der Waals surface area contributed by atoms with Gasteiger partial charge < -0.3 is 9.88 Å². The quantitative estimate of drug-likeness (QED) is 0.900. The number of piperidine rings is 1. The fourth-order valence-electron chi connectivity index (χ4n) is 3.13. The molecule has 2 aromatic heterocycles. The number of imidazole rings is 1. The molecule has 102 valence electrons. The maximum absolute atomic E-state index is 4.85. The monoisotopic (exact) mass is 258 g/mol. The van der Waals surface area contributed by atoms with Crippen LogP contribution >= 0.6 is 0 Å². The summed E-state index contributed by atoms with van der Waals surface area (Å²) in [5, 5.41) is 3.64. The van der Waals surface area contributed by atoms with Crippen LogP contribution in [0.3, 0.4) is 0 Å². The van der Waals surface area contributed by atoms with E-state index in [2.05, 4.69) is 41.7 Å². The second-order valence-electron chi connectivity index (χ2n) is 5.85. The average Bonchev–Trinajstić information content (AvgIpc) is 2.78. The summed E-state index contributed by atoms with van der Waals surface area (Å²) in [5.74, 6) is 1.81. The van der Waals surface area contributed by atoms with Gasteiger partial charge in [-0.25, -0.2) is 4.98 Å². The van der Waals surface area contributed by atoms with Crippen molar-refractivity contribution < 1.29 is 0 Å². The van der Waals surface area contributed by atoms with E-state index in [0.29, 0.717) is 18.0 Å². The molecule has 1 N–H and O–H groups in total. The molecule has 0 radical (unpaired) electrons. The van der Waals surface area contributed by atoms with Crippen molar-refractivity contribution in [1.82, 2.24) is 19.9 Å². The average molecular weight is 258 g/mol. The van der Waals surface area contributed by atoms with Crippen LogP contribution in [0.15, 0.2) is 18.5 Å². The molecule has 3 rings (SSSR count). The summed E-state index contributed by atoms with van der Waals surface area (Å²) in [6, 6.07) is 2.85. The summed E-state index contributed by atoms with van der Waals surface area (Å²) in [6.45, 7) is 7.85. The Bertz CT molecular complexity index is 573. The van der Waals surface area contributed by atoms with Crippen molar-refractivity contribution in [1.29, 1.82) is 0 Å². The number of aromatic nitrogens is 3. The Balaban J connectivity index is 2.14. The van der Waals surface area contributed by atoms with E-state index < -0.39 is 0 Å². The van der Waals surface area contributed by atoms with Crippen molar-refractivity contribution in [3.8, 4) is 0 Å². The molecular weight excluding hydrogens is 236 g/mol. The number of hydrogen-bond acceptors (Lipinski definition) is 3. The predicted molar refractivity (Wildman–Crippen MR) is 77.1 cm³/mol. The largest absolute Gasteiger partial charge is 0.324 e. The fourth-order valence-corrected chi connectivity index (χ4v) is 3.13. The third-order valence-electron chi connectivity index (χ3n) is 4.08. The highest BCUT2D eigenvalue weighted by Crippen LogP contribution is 2.32. The minimum Gasteiger partial charge on any atom is -0.324 e. The molecule has 0 saturated carbocycles. The van der Waals surface area contributed by atoms with E-state index in [1.807, 2.05) is 12.4 Å². The van der Waals surface area contributed by atoms with Crippen LogP contribution in [0.5, 0.6) is 0 Å². The molecule has 1 aliphatic heterocycles. The Morgan fingerprint density at radius 3 is 3.00 bits per heavy atom. The van der Waals surface area contributed by atoms with E-state index in [9.17, 15) is 0 Å². The topological polar surface area (TPSA) is 42.7 Å². The van der Waals surface area contributed by atoms with Crippen LogP contribution in [0.25, 0.3) is 11.0 Å². The second-order valence-corrected chi connectivity index (χ2v) is 5.85. The Morgan fingerprint density at radius 2 is 2.26 bits per heavy atom. The van der Waals surface area contributed by atoms with Crippen LogP contribution in [-0.4, -0.2) is 21.1 Å². The van der Waals surface area contributed by atoms with Gasteiger partial charge in [-0.1, -0.05) is 6.92 Å². The number of fused-ring (bicyclic) bond motifs is 1. The lowest BCUT2D eigenvalue weighted by atomic mass is 9.92. The van der Waals surface area contributed by atoms with Gasteiger partial charge in [-0.2, -0.15) is 0 Å². The van der Waals surface area contributed by atoms with Crippen LogP contribution in [0.4, 0.5) is 0 Å². The molecule has 4 heteroatoms. The van der Waals surface area contributed by atoms with Gasteiger partial charge in [0.2, 0.25) is 0 Å². The summed E-state index contributed by atoms with van der Waals surface area (Å²) < 4.78 is 2.36. The number of pyridine rings is 1. The molecule has 0 aromatic carbocycles. The summed E-state index contributed by atoms with van der Waals surface area (Å²) in [7, 11) is 0. The first-order valence-electron chi connectivity index (χ1n) is 7.23. The molecule has 19 heavy (non-hydrogen) atoms. The predicted octanol–water partition coefficient (Wildman–Crippen LogP) is 3.07. The maximum Gasteiger partial charge on any atom is 0.127 e. The summed E-state index contributed by atoms with van der Waals surface area (Å²) in [6.07, 6.45) is 6.26. The Morgan fingerprint density at radius 1 is 1.42 bits per heavy atom. The van der Waals surface area contributed by atoms with Gasteiger partial charge in [0.25, 0.3) is 0 Å². The Hall–Kier alpha value is -1.42. The minimum atomic E-state index is 0.364. The van der Waals surface area contributed by atoms with Gasteiger partial charge in [0.15, 0.2) is 0 Å². The van der Waals surface area contributed by atoms with Gasteiger partial charge in [0.05, 0.1) is 17.8 Å². The molecule has 1 fully saturated rings. The van der Waals surface area contributed by atoms with Crippen LogP contribution in [0.2, 0.25) is 0 Å². The van der Waals surface area contributed by atoms with E-state index in [1.165, 1.54) is 24.2 Å². The van der Waals surface area contributed by atoms with Crippen LogP contribution in [0.1, 0.15) is 51.5 Å². The van der Waals surface area contributed by atoms with Gasteiger partial charge in [-0.3, -0.25) is 4.98 Å². The lowest BCUT2D eigenvalue weighted by Crippen LogP contribution is -2.35. The van der Waals surface area contributed by atoms with Gasteiger partial charge in [-0.05, 0) is 45.2 Å². The third-order valence-corrected chi connectivity index (χ3v) is 4.08. The molecule has 0 aliphatic carbocycles. The fraction of sp³-hybridized carbons (Fsp3) is 0.600. The molecular formula is C15H22N4. The molecule has 0 bridgehead atoms. The van der Waals surface area contributed by atoms with Gasteiger partial charge in [-0.15, -0.1) is 0 Å². The van der Waals surface area contributed by atoms with E-state index >= 15 is 0 Å². The zero-order valence-corrected chi connectivity index (χ0v) is 11.9. The van der Waals surface area contributed by atoms with Crippen molar-refractivity contribution in [2.45, 2.75) is 45.7 Å². The van der Waals surface area contributed by atoms with Gasteiger partial charge in [0.1, 0.15) is 11.3 Å². The minimum absolute atomic E-state index is 0.364. The highest BCUT2D eigenvalue weighted by molar-refractivity contribution is 5.75. The van der Waals surface area contributed by atoms with E-state index in [-0.39, 0.29) is 0 Å². The highest BCUT2D eigenvalue weighted by atomic mass is 15.1. The Labute approximate surface area is 114 Å². The lowest BCUT2D eigenvalue weighted by molar-refractivity contribution is 0.286. The molecule has 4 nitrogen and oxygen atoms in total. The van der Waals surface area contributed by atoms with Crippen molar-refractivity contribution in [3.63, 3.8) is 0 Å². The summed E-state index contributed by atoms with van der Waals surface area (Å²) >= 11 is 0. The first-order valence-corrected chi connectivity index (χ1v) is 7.23. The molecule has 0 amide bonds. The van der Waals surface area contributed by atoms with Gasteiger partial charge >= 0.3 is 0 Å². The van der Waals surface area contributed by atoms with Crippen molar-refractivity contribution in [2.75, 3.05) is 6.54 Å². The zero-order chi connectivity index (χ0) is 13.4. The van der Waals surface area contributed by atoms with Crippen LogP contribution in [0, 0.1) is 5.92 Å². The first-order chi connectivity index (χ1) is 9.18. The van der Waals surface area contributed by atoms with Crippen LogP contribution in [-0.2, 0) is 0 Å². The van der Waals surface area contributed by atoms with Crippen LogP contribution < -0.4 is 5.32 Å². The lowest BCUT2D eigenvalue weighted by Gasteiger charge is -2.30. The van der Waals surface area contributed by atoms with Crippen molar-refractivity contribution in [2.24, 2.45) is 5.92 Å². The zero-order valence-electron chi connectivity index (χ0n) is 11.9. The number of hydrogen-bond donors (Lipinski definition) is 1. The molecule has 2 aromatic rings. The SMILES string of the molecule is CC1CCCNC1c1nc2cnccc2n1C(C)C. The first kappa shape index (κ1) is 12.6. The molecule has 2 unspecified atom stereocenters. The van der Waals surface area contributed by atoms with E-state index in [1.54, 1.807) is 0 Å². The number of nitrogens with one attached hydrogen (secondary N) is 1. The summed E-state index contributed by atoms with van der Waals surface area (Å²) in [5.41, 5.74) is 2.20. The van der Waals surface area contributed by atoms with E-state index in [4.69, 9.17) is 4.98 Å². The third kappa shape index (κ3) is 2.14. The number of rotatable bonds is 2. The normalized spacial score (nSPS) is 24.2. The highest BCUT2D eigenvalue weighted by Gasteiger charge is 2.28. The molecule has 1 saturated heterocycles. The molecule has 0 spiro atoms. The second kappa shape index (κ2) is 4.93. The standard InChI is InChI=1S/C15H22N4/c1-10(2)19-13-6-8-16-9-12(13)18-15(19)14-11(3)5-4-7-17-14/h6,8-11,14,17H,4-5,7H2,1-3H3. The maximum atomic E-state index is 4.85. The molecule has 2 atom stereocenters. The van der Waals surface area contributed by atoms with Crippen molar-refractivity contribution >= 4 is 11.0 Å². The van der Waals surface area contributed by atoms with Gasteiger partial charge in [0, 0.05) is 12.2 Å². The molecule has 1 aliphatic rings. The molecule has 3 heterocycles. The summed E-state index contributed by atoms with van der Waals surface area (Å²) in [4.78, 5) is 9.04. The van der Waals surface area contributed by atoms with E-state index in [0.717, 1.165) is 12.1 Å². The van der Waals surface area contributed by atoms with Crippen molar-refractivity contribution in [3.05, 3.63) is 24.3 Å². The smallest absolute Gasteiger partial charge is 0.127 e. The Kier molecular flexibility index (Phi) is 3.27. The number of nitrogens with zero attached hydrogens (tertiary/aromatic N) is 3.